The molecular weight excluding hydrogens is 170 g/mol. The standard InChI is InChI=1S/C9H17NOS/c1-10-4-3-9(6-10)7-12-5-2-8(9)11/h8,11H,2-7H2,1H3. The minimum Gasteiger partial charge on any atom is -0.392 e. The average molecular weight is 187 g/mol. The summed E-state index contributed by atoms with van der Waals surface area (Å²) in [4.78, 5) is 2.34. The van der Waals surface area contributed by atoms with Gasteiger partial charge in [0, 0.05) is 17.7 Å². The van der Waals surface area contributed by atoms with Crippen LogP contribution < -0.4 is 0 Å². The summed E-state index contributed by atoms with van der Waals surface area (Å²) in [6, 6.07) is 0. The van der Waals surface area contributed by atoms with Crippen LogP contribution in [0.3, 0.4) is 0 Å². The Morgan fingerprint density at radius 2 is 2.42 bits per heavy atom. The molecule has 2 rings (SSSR count). The third-order valence-electron chi connectivity index (χ3n) is 3.21. The van der Waals surface area contributed by atoms with Crippen molar-refractivity contribution in [2.24, 2.45) is 5.41 Å². The molecule has 0 aromatic heterocycles. The van der Waals surface area contributed by atoms with Gasteiger partial charge in [0.2, 0.25) is 0 Å². The van der Waals surface area contributed by atoms with Crippen molar-refractivity contribution in [1.29, 1.82) is 0 Å². The lowest BCUT2D eigenvalue weighted by Crippen LogP contribution is -2.42. The van der Waals surface area contributed by atoms with Crippen LogP contribution in [0.4, 0.5) is 0 Å². The number of aliphatic hydroxyl groups excluding tert-OH is 1. The van der Waals surface area contributed by atoms with Crippen LogP contribution in [0.1, 0.15) is 12.8 Å². The first-order valence-corrected chi connectivity index (χ1v) is 5.83. The molecule has 2 saturated heterocycles. The molecule has 2 aliphatic rings. The maximum Gasteiger partial charge on any atom is 0.0624 e. The third kappa shape index (κ3) is 1.38. The third-order valence-corrected chi connectivity index (χ3v) is 4.51. The van der Waals surface area contributed by atoms with Crippen molar-refractivity contribution < 1.29 is 5.11 Å². The second-order valence-electron chi connectivity index (χ2n) is 4.21. The summed E-state index contributed by atoms with van der Waals surface area (Å²) in [5.41, 5.74) is 0.248. The first-order chi connectivity index (χ1) is 5.73. The molecule has 0 bridgehead atoms. The van der Waals surface area contributed by atoms with Gasteiger partial charge in [0.15, 0.2) is 0 Å². The second-order valence-corrected chi connectivity index (χ2v) is 5.31. The molecule has 2 aliphatic heterocycles. The Kier molecular flexibility index (Phi) is 2.36. The summed E-state index contributed by atoms with van der Waals surface area (Å²) >= 11 is 2.01. The van der Waals surface area contributed by atoms with E-state index < -0.39 is 0 Å². The molecule has 1 N–H and O–H groups in total. The molecule has 2 heterocycles. The van der Waals surface area contributed by atoms with Crippen LogP contribution in [0.2, 0.25) is 0 Å². The van der Waals surface area contributed by atoms with Gasteiger partial charge in [-0.15, -0.1) is 0 Å². The van der Waals surface area contributed by atoms with Crippen LogP contribution in [-0.2, 0) is 0 Å². The Bertz CT molecular complexity index is 172. The Labute approximate surface area is 78.3 Å². The van der Waals surface area contributed by atoms with Crippen LogP contribution in [0.15, 0.2) is 0 Å². The predicted octanol–water partition coefficient (Wildman–Crippen LogP) is 0.806. The quantitative estimate of drug-likeness (QED) is 0.607. The zero-order valence-corrected chi connectivity index (χ0v) is 8.44. The smallest absolute Gasteiger partial charge is 0.0624 e. The van der Waals surface area contributed by atoms with E-state index in [9.17, 15) is 5.11 Å². The minimum absolute atomic E-state index is 0.0382. The molecule has 3 heteroatoms. The number of hydrogen-bond acceptors (Lipinski definition) is 3. The number of rotatable bonds is 0. The molecule has 0 amide bonds. The maximum atomic E-state index is 9.94. The molecule has 0 saturated carbocycles. The molecule has 2 fully saturated rings. The predicted molar refractivity (Wildman–Crippen MR) is 52.5 cm³/mol. The molecular formula is C9H17NOS. The van der Waals surface area contributed by atoms with E-state index in [0.29, 0.717) is 0 Å². The van der Waals surface area contributed by atoms with E-state index in [0.717, 1.165) is 25.3 Å². The molecule has 0 radical (unpaired) electrons. The van der Waals surface area contributed by atoms with E-state index in [1.807, 2.05) is 11.8 Å². The van der Waals surface area contributed by atoms with E-state index in [4.69, 9.17) is 0 Å². The zero-order valence-electron chi connectivity index (χ0n) is 7.62. The second kappa shape index (κ2) is 3.20. The van der Waals surface area contributed by atoms with Gasteiger partial charge in [-0.1, -0.05) is 0 Å². The first-order valence-electron chi connectivity index (χ1n) is 4.67. The molecule has 1 spiro atoms. The SMILES string of the molecule is CN1CCC2(CSCCC2O)C1. The van der Waals surface area contributed by atoms with Gasteiger partial charge in [0.1, 0.15) is 0 Å². The molecule has 70 valence electrons. The Morgan fingerprint density at radius 1 is 1.58 bits per heavy atom. The summed E-state index contributed by atoms with van der Waals surface area (Å²) in [6.45, 7) is 2.26. The normalized spacial score (nSPS) is 44.0. The van der Waals surface area contributed by atoms with Gasteiger partial charge in [-0.05, 0) is 32.2 Å². The molecule has 0 aromatic rings. The molecule has 2 atom stereocenters. The molecule has 2 unspecified atom stereocenters. The summed E-state index contributed by atoms with van der Waals surface area (Å²) in [6.07, 6.45) is 2.15. The summed E-state index contributed by atoms with van der Waals surface area (Å²) in [7, 11) is 2.15. The van der Waals surface area contributed by atoms with E-state index in [1.165, 1.54) is 12.2 Å². The van der Waals surface area contributed by atoms with E-state index in [1.54, 1.807) is 0 Å². The fourth-order valence-corrected chi connectivity index (χ4v) is 3.74. The van der Waals surface area contributed by atoms with Crippen LogP contribution in [0.25, 0.3) is 0 Å². The lowest BCUT2D eigenvalue weighted by Gasteiger charge is -2.37. The molecule has 12 heavy (non-hydrogen) atoms. The van der Waals surface area contributed by atoms with Gasteiger partial charge in [-0.3, -0.25) is 0 Å². The lowest BCUT2D eigenvalue weighted by molar-refractivity contribution is 0.0423. The number of aliphatic hydroxyl groups is 1. The van der Waals surface area contributed by atoms with Crippen molar-refractivity contribution in [3.05, 3.63) is 0 Å². The number of thioether (sulfide) groups is 1. The highest BCUT2D eigenvalue weighted by Crippen LogP contribution is 2.41. The Hall–Kier alpha value is 0.270. The van der Waals surface area contributed by atoms with E-state index in [-0.39, 0.29) is 11.5 Å². The topological polar surface area (TPSA) is 23.5 Å². The highest BCUT2D eigenvalue weighted by molar-refractivity contribution is 7.99. The van der Waals surface area contributed by atoms with Crippen molar-refractivity contribution in [3.63, 3.8) is 0 Å². The summed E-state index contributed by atoms with van der Waals surface area (Å²) in [5, 5.41) is 9.94. The van der Waals surface area contributed by atoms with Gasteiger partial charge < -0.3 is 10.0 Å². The average Bonchev–Trinajstić information content (AvgIpc) is 2.41. The van der Waals surface area contributed by atoms with Crippen LogP contribution in [0.5, 0.6) is 0 Å². The highest BCUT2D eigenvalue weighted by atomic mass is 32.2. The molecule has 0 aliphatic carbocycles. The van der Waals surface area contributed by atoms with Crippen molar-refractivity contribution in [2.45, 2.75) is 18.9 Å². The van der Waals surface area contributed by atoms with Gasteiger partial charge >= 0.3 is 0 Å². The fraction of sp³-hybridized carbons (Fsp3) is 1.00. The summed E-state index contributed by atoms with van der Waals surface area (Å²) in [5.74, 6) is 2.31. The van der Waals surface area contributed by atoms with Crippen LogP contribution >= 0.6 is 11.8 Å². The molecule has 2 nitrogen and oxygen atoms in total. The lowest BCUT2D eigenvalue weighted by atomic mass is 9.81. The highest BCUT2D eigenvalue weighted by Gasteiger charge is 2.44. The Balaban J connectivity index is 2.07. The summed E-state index contributed by atoms with van der Waals surface area (Å²) < 4.78 is 0. The van der Waals surface area contributed by atoms with Gasteiger partial charge in [0.25, 0.3) is 0 Å². The largest absolute Gasteiger partial charge is 0.392 e. The van der Waals surface area contributed by atoms with Crippen molar-refractivity contribution in [2.75, 3.05) is 31.6 Å². The van der Waals surface area contributed by atoms with Crippen LogP contribution in [-0.4, -0.2) is 47.8 Å². The van der Waals surface area contributed by atoms with Crippen molar-refractivity contribution >= 4 is 11.8 Å². The minimum atomic E-state index is -0.0382. The maximum absolute atomic E-state index is 9.94. The monoisotopic (exact) mass is 187 g/mol. The van der Waals surface area contributed by atoms with Crippen molar-refractivity contribution in [3.8, 4) is 0 Å². The van der Waals surface area contributed by atoms with Crippen molar-refractivity contribution in [1.82, 2.24) is 4.90 Å². The van der Waals surface area contributed by atoms with Crippen LogP contribution in [0, 0.1) is 5.41 Å². The fourth-order valence-electron chi connectivity index (χ4n) is 2.37. The van der Waals surface area contributed by atoms with Gasteiger partial charge in [-0.2, -0.15) is 11.8 Å². The number of nitrogens with zero attached hydrogens (tertiary/aromatic N) is 1. The zero-order chi connectivity index (χ0) is 8.60. The van der Waals surface area contributed by atoms with Gasteiger partial charge in [0.05, 0.1) is 6.10 Å². The van der Waals surface area contributed by atoms with E-state index >= 15 is 0 Å². The molecule has 0 aromatic carbocycles. The Morgan fingerprint density at radius 3 is 3.00 bits per heavy atom. The van der Waals surface area contributed by atoms with E-state index in [2.05, 4.69) is 11.9 Å². The first kappa shape index (κ1) is 8.85. The van der Waals surface area contributed by atoms with Gasteiger partial charge in [-0.25, -0.2) is 0 Å². The number of likely N-dealkylation sites (tertiary alicyclic amines) is 1. The number of hydrogen-bond donors (Lipinski definition) is 1.